The average Bonchev–Trinajstić information content (AvgIpc) is 2.59. The monoisotopic (exact) mass is 344 g/mol. The summed E-state index contributed by atoms with van der Waals surface area (Å²) in [6.07, 6.45) is 3.13. The van der Waals surface area contributed by atoms with Crippen molar-refractivity contribution >= 4 is 15.9 Å². The molecule has 20 heavy (non-hydrogen) atoms. The summed E-state index contributed by atoms with van der Waals surface area (Å²) in [5, 5.41) is 0. The first-order chi connectivity index (χ1) is 9.63. The van der Waals surface area contributed by atoms with Crippen molar-refractivity contribution in [3.8, 4) is 0 Å². The fraction of sp³-hybridized carbons (Fsp3) is 0.600. The van der Waals surface area contributed by atoms with E-state index in [1.54, 1.807) is 7.11 Å². The second-order valence-corrected chi connectivity index (χ2v) is 6.21. The summed E-state index contributed by atoms with van der Waals surface area (Å²) in [7, 11) is 1.69. The van der Waals surface area contributed by atoms with Gasteiger partial charge < -0.3 is 10.5 Å². The Labute approximate surface area is 128 Å². The van der Waals surface area contributed by atoms with Crippen LogP contribution in [-0.2, 0) is 4.74 Å². The SMILES string of the molecule is COCCN1CCCCC(N)C1c1ccc(Br)cc1F. The number of nitrogens with zero attached hydrogens (tertiary/aromatic N) is 1. The Bertz CT molecular complexity index is 444. The Morgan fingerprint density at radius 3 is 2.95 bits per heavy atom. The minimum Gasteiger partial charge on any atom is -0.383 e. The highest BCUT2D eigenvalue weighted by Gasteiger charge is 2.30. The zero-order valence-electron chi connectivity index (χ0n) is 11.8. The van der Waals surface area contributed by atoms with E-state index in [4.69, 9.17) is 10.5 Å². The molecule has 2 unspecified atom stereocenters. The van der Waals surface area contributed by atoms with Crippen LogP contribution in [0.1, 0.15) is 30.9 Å². The molecule has 0 aromatic heterocycles. The van der Waals surface area contributed by atoms with Crippen molar-refractivity contribution in [2.75, 3.05) is 26.8 Å². The van der Waals surface area contributed by atoms with E-state index in [1.807, 2.05) is 12.1 Å². The van der Waals surface area contributed by atoms with Crippen LogP contribution in [0.3, 0.4) is 0 Å². The van der Waals surface area contributed by atoms with Gasteiger partial charge in [-0.2, -0.15) is 0 Å². The third-order valence-electron chi connectivity index (χ3n) is 3.90. The van der Waals surface area contributed by atoms with Gasteiger partial charge in [0.05, 0.1) is 12.6 Å². The Hall–Kier alpha value is -0.490. The van der Waals surface area contributed by atoms with Gasteiger partial charge in [0.15, 0.2) is 0 Å². The molecule has 5 heteroatoms. The number of methoxy groups -OCH3 is 1. The summed E-state index contributed by atoms with van der Waals surface area (Å²) in [5.41, 5.74) is 7.01. The summed E-state index contributed by atoms with van der Waals surface area (Å²) in [5.74, 6) is -0.191. The highest BCUT2D eigenvalue weighted by molar-refractivity contribution is 9.10. The molecule has 0 saturated carbocycles. The minimum absolute atomic E-state index is 0.0370. The molecule has 3 nitrogen and oxygen atoms in total. The first kappa shape index (κ1) is 15.9. The van der Waals surface area contributed by atoms with E-state index < -0.39 is 0 Å². The lowest BCUT2D eigenvalue weighted by molar-refractivity contribution is 0.113. The second-order valence-electron chi connectivity index (χ2n) is 5.30. The molecule has 0 spiro atoms. The van der Waals surface area contributed by atoms with Crippen molar-refractivity contribution in [3.63, 3.8) is 0 Å². The molecule has 1 heterocycles. The molecule has 0 amide bonds. The van der Waals surface area contributed by atoms with E-state index in [-0.39, 0.29) is 17.9 Å². The Balaban J connectivity index is 2.29. The molecule has 2 N–H and O–H groups in total. The van der Waals surface area contributed by atoms with Crippen LogP contribution in [0.2, 0.25) is 0 Å². The van der Waals surface area contributed by atoms with Crippen LogP contribution in [0.25, 0.3) is 0 Å². The summed E-state index contributed by atoms with van der Waals surface area (Å²) < 4.78 is 20.2. The van der Waals surface area contributed by atoms with Crippen LogP contribution >= 0.6 is 15.9 Å². The minimum atomic E-state index is -0.191. The standard InChI is InChI=1S/C15H22BrFN2O/c1-20-9-8-19-7-3-2-4-14(18)15(19)12-6-5-11(16)10-13(12)17/h5-6,10,14-15H,2-4,7-9,18H2,1H3. The number of hydrogen-bond acceptors (Lipinski definition) is 3. The molecular weight excluding hydrogens is 323 g/mol. The molecule has 112 valence electrons. The maximum atomic E-state index is 14.3. The lowest BCUT2D eigenvalue weighted by atomic mass is 9.96. The topological polar surface area (TPSA) is 38.5 Å². The van der Waals surface area contributed by atoms with Gasteiger partial charge in [0.2, 0.25) is 0 Å². The highest BCUT2D eigenvalue weighted by atomic mass is 79.9. The van der Waals surface area contributed by atoms with Gasteiger partial charge in [0.1, 0.15) is 5.82 Å². The van der Waals surface area contributed by atoms with Crippen molar-refractivity contribution in [2.45, 2.75) is 31.3 Å². The molecule has 0 aliphatic carbocycles. The second kappa shape index (κ2) is 7.50. The van der Waals surface area contributed by atoms with Crippen molar-refractivity contribution in [1.82, 2.24) is 4.90 Å². The largest absolute Gasteiger partial charge is 0.383 e. The molecule has 1 aromatic carbocycles. The number of halogens is 2. The van der Waals surface area contributed by atoms with Crippen LogP contribution in [-0.4, -0.2) is 37.7 Å². The van der Waals surface area contributed by atoms with Gasteiger partial charge in [-0.1, -0.05) is 28.4 Å². The number of benzene rings is 1. The van der Waals surface area contributed by atoms with Gasteiger partial charge in [-0.15, -0.1) is 0 Å². The molecule has 0 radical (unpaired) electrons. The summed E-state index contributed by atoms with van der Waals surface area (Å²) in [6, 6.07) is 5.13. The fourth-order valence-corrected chi connectivity index (χ4v) is 3.22. The van der Waals surface area contributed by atoms with E-state index in [9.17, 15) is 4.39 Å². The molecule has 1 aromatic rings. The van der Waals surface area contributed by atoms with Crippen LogP contribution in [0.15, 0.2) is 22.7 Å². The van der Waals surface area contributed by atoms with Crippen molar-refractivity contribution in [1.29, 1.82) is 0 Å². The lowest BCUT2D eigenvalue weighted by Gasteiger charge is -2.33. The predicted octanol–water partition coefficient (Wildman–Crippen LogP) is 3.09. The number of ether oxygens (including phenoxy) is 1. The van der Waals surface area contributed by atoms with Gasteiger partial charge >= 0.3 is 0 Å². The normalized spacial score (nSPS) is 24.6. The van der Waals surface area contributed by atoms with Gasteiger partial charge in [-0.25, -0.2) is 4.39 Å². The van der Waals surface area contributed by atoms with Gasteiger partial charge in [-0.3, -0.25) is 4.90 Å². The van der Waals surface area contributed by atoms with E-state index in [0.29, 0.717) is 12.2 Å². The number of hydrogen-bond donors (Lipinski definition) is 1. The first-order valence-corrected chi connectivity index (χ1v) is 7.86. The molecule has 1 aliphatic heterocycles. The molecule has 0 bridgehead atoms. The summed E-state index contributed by atoms with van der Waals surface area (Å²) in [6.45, 7) is 2.36. The third-order valence-corrected chi connectivity index (χ3v) is 4.39. The van der Waals surface area contributed by atoms with Crippen LogP contribution < -0.4 is 5.73 Å². The zero-order valence-corrected chi connectivity index (χ0v) is 13.4. The van der Waals surface area contributed by atoms with Crippen molar-refractivity contribution in [2.24, 2.45) is 5.73 Å². The van der Waals surface area contributed by atoms with Gasteiger partial charge in [0.25, 0.3) is 0 Å². The molecule has 1 saturated heterocycles. The Kier molecular flexibility index (Phi) is 5.96. The van der Waals surface area contributed by atoms with Crippen molar-refractivity contribution < 1.29 is 9.13 Å². The number of nitrogens with two attached hydrogens (primary N) is 1. The number of likely N-dealkylation sites (tertiary alicyclic amines) is 1. The van der Waals surface area contributed by atoms with E-state index >= 15 is 0 Å². The molecule has 1 fully saturated rings. The summed E-state index contributed by atoms with van der Waals surface area (Å²) in [4.78, 5) is 2.26. The van der Waals surface area contributed by atoms with Crippen LogP contribution in [0.4, 0.5) is 4.39 Å². The van der Waals surface area contributed by atoms with Gasteiger partial charge in [0, 0.05) is 29.7 Å². The van der Waals surface area contributed by atoms with Crippen LogP contribution in [0.5, 0.6) is 0 Å². The van der Waals surface area contributed by atoms with Crippen molar-refractivity contribution in [3.05, 3.63) is 34.1 Å². The zero-order chi connectivity index (χ0) is 14.5. The Morgan fingerprint density at radius 2 is 2.25 bits per heavy atom. The summed E-state index contributed by atoms with van der Waals surface area (Å²) >= 11 is 3.30. The van der Waals surface area contributed by atoms with E-state index in [0.717, 1.165) is 36.8 Å². The lowest BCUT2D eigenvalue weighted by Crippen LogP contribution is -2.41. The maximum absolute atomic E-state index is 14.3. The Morgan fingerprint density at radius 1 is 1.45 bits per heavy atom. The van der Waals surface area contributed by atoms with Gasteiger partial charge in [-0.05, 0) is 31.5 Å². The smallest absolute Gasteiger partial charge is 0.129 e. The van der Waals surface area contributed by atoms with Crippen LogP contribution in [0, 0.1) is 5.82 Å². The molecule has 2 atom stereocenters. The predicted molar refractivity (Wildman–Crippen MR) is 82.1 cm³/mol. The molecule has 2 rings (SSSR count). The first-order valence-electron chi connectivity index (χ1n) is 7.07. The number of rotatable bonds is 4. The van der Waals surface area contributed by atoms with E-state index in [1.165, 1.54) is 6.07 Å². The quantitative estimate of drug-likeness (QED) is 0.911. The highest BCUT2D eigenvalue weighted by Crippen LogP contribution is 2.32. The van der Waals surface area contributed by atoms with E-state index in [2.05, 4.69) is 20.8 Å². The fourth-order valence-electron chi connectivity index (χ4n) is 2.89. The third kappa shape index (κ3) is 3.79. The maximum Gasteiger partial charge on any atom is 0.129 e. The molecular formula is C15H22BrFN2O. The average molecular weight is 345 g/mol. The molecule has 1 aliphatic rings.